The summed E-state index contributed by atoms with van der Waals surface area (Å²) in [6.07, 6.45) is 0.424. The third-order valence-electron chi connectivity index (χ3n) is 4.37. The van der Waals surface area contributed by atoms with E-state index in [1.165, 1.54) is 4.90 Å². The molecule has 1 saturated heterocycles. The first-order valence-electron chi connectivity index (χ1n) is 7.20. The summed E-state index contributed by atoms with van der Waals surface area (Å²) in [4.78, 5) is 36.7. The molecule has 0 saturated carbocycles. The molecule has 1 aliphatic rings. The Morgan fingerprint density at radius 3 is 2.14 bits per heavy atom. The molecule has 1 heterocycles. The van der Waals surface area contributed by atoms with E-state index < -0.39 is 23.5 Å². The molecule has 0 aliphatic carbocycles. The van der Waals surface area contributed by atoms with Crippen LogP contribution < -0.4 is 11.1 Å². The SMILES string of the molecule is CC(C)C(NC(N)=O)C(=O)N1CCC(C(=O)O)(C(C)C)C1. The van der Waals surface area contributed by atoms with Gasteiger partial charge in [0, 0.05) is 13.1 Å². The molecule has 1 rings (SSSR count). The second kappa shape index (κ2) is 6.32. The van der Waals surface area contributed by atoms with E-state index in [0.717, 1.165) is 0 Å². The Bertz CT molecular complexity index is 436. The van der Waals surface area contributed by atoms with Crippen LogP contribution in [0.1, 0.15) is 34.1 Å². The zero-order valence-electron chi connectivity index (χ0n) is 13.0. The van der Waals surface area contributed by atoms with Crippen molar-refractivity contribution in [3.8, 4) is 0 Å². The van der Waals surface area contributed by atoms with Crippen molar-refractivity contribution in [2.75, 3.05) is 13.1 Å². The summed E-state index contributed by atoms with van der Waals surface area (Å²) in [6, 6.07) is -1.48. The second-order valence-electron chi connectivity index (χ2n) is 6.36. The molecule has 0 aromatic heterocycles. The first-order chi connectivity index (χ1) is 9.61. The smallest absolute Gasteiger partial charge is 0.312 e. The predicted octanol–water partition coefficient (Wildman–Crippen LogP) is 0.639. The maximum atomic E-state index is 12.5. The van der Waals surface area contributed by atoms with Gasteiger partial charge in [-0.2, -0.15) is 0 Å². The maximum absolute atomic E-state index is 12.5. The Hall–Kier alpha value is -1.79. The average Bonchev–Trinajstić information content (AvgIpc) is 2.80. The van der Waals surface area contributed by atoms with E-state index in [-0.39, 0.29) is 24.3 Å². The highest BCUT2D eigenvalue weighted by Crippen LogP contribution is 2.38. The molecule has 3 amide bonds. The summed E-state index contributed by atoms with van der Waals surface area (Å²) < 4.78 is 0. The number of hydrogen-bond acceptors (Lipinski definition) is 3. The van der Waals surface area contributed by atoms with Crippen molar-refractivity contribution in [2.24, 2.45) is 23.0 Å². The lowest BCUT2D eigenvalue weighted by Crippen LogP contribution is -2.53. The van der Waals surface area contributed by atoms with Crippen LogP contribution in [0.4, 0.5) is 4.79 Å². The van der Waals surface area contributed by atoms with E-state index in [4.69, 9.17) is 5.73 Å². The third kappa shape index (κ3) is 3.46. The molecule has 0 aromatic rings. The fourth-order valence-electron chi connectivity index (χ4n) is 2.78. The minimum Gasteiger partial charge on any atom is -0.481 e. The molecular formula is C14H25N3O4. The number of nitrogens with zero attached hydrogens (tertiary/aromatic N) is 1. The molecule has 7 nitrogen and oxygen atoms in total. The molecule has 0 spiro atoms. The molecular weight excluding hydrogens is 274 g/mol. The average molecular weight is 299 g/mol. The van der Waals surface area contributed by atoms with Crippen LogP contribution in [0.15, 0.2) is 0 Å². The molecule has 1 fully saturated rings. The van der Waals surface area contributed by atoms with Crippen LogP contribution in [0.25, 0.3) is 0 Å². The molecule has 7 heteroatoms. The lowest BCUT2D eigenvalue weighted by molar-refractivity contribution is -0.151. The Labute approximate surface area is 124 Å². The summed E-state index contributed by atoms with van der Waals surface area (Å²) in [5.74, 6) is -1.34. The van der Waals surface area contributed by atoms with Gasteiger partial charge in [0.1, 0.15) is 6.04 Å². The Balaban J connectivity index is 2.90. The number of nitrogens with two attached hydrogens (primary N) is 1. The zero-order valence-corrected chi connectivity index (χ0v) is 13.0. The molecule has 0 radical (unpaired) electrons. The van der Waals surface area contributed by atoms with E-state index in [1.807, 2.05) is 27.7 Å². The number of carbonyl (C=O) groups excluding carboxylic acids is 2. The summed E-state index contributed by atoms with van der Waals surface area (Å²) >= 11 is 0. The molecule has 120 valence electrons. The number of likely N-dealkylation sites (tertiary alicyclic amines) is 1. The number of amides is 3. The number of nitrogens with one attached hydrogen (secondary N) is 1. The summed E-state index contributed by atoms with van der Waals surface area (Å²) in [7, 11) is 0. The van der Waals surface area contributed by atoms with Gasteiger partial charge in [-0.15, -0.1) is 0 Å². The number of carbonyl (C=O) groups is 3. The minimum absolute atomic E-state index is 0.0746. The number of carboxylic acids is 1. The summed E-state index contributed by atoms with van der Waals surface area (Å²) in [6.45, 7) is 7.87. The van der Waals surface area contributed by atoms with Gasteiger partial charge in [-0.3, -0.25) is 9.59 Å². The van der Waals surface area contributed by atoms with Crippen LogP contribution in [0.5, 0.6) is 0 Å². The lowest BCUT2D eigenvalue weighted by Gasteiger charge is -2.30. The third-order valence-corrected chi connectivity index (χ3v) is 4.37. The molecule has 2 unspecified atom stereocenters. The molecule has 2 atom stereocenters. The van der Waals surface area contributed by atoms with Crippen LogP contribution in [0.2, 0.25) is 0 Å². The van der Waals surface area contributed by atoms with Gasteiger partial charge < -0.3 is 21.1 Å². The summed E-state index contributed by atoms with van der Waals surface area (Å²) in [5, 5.41) is 11.9. The van der Waals surface area contributed by atoms with Crippen LogP contribution in [0, 0.1) is 17.3 Å². The number of aliphatic carboxylic acids is 1. The van der Waals surface area contributed by atoms with Crippen molar-refractivity contribution in [3.05, 3.63) is 0 Å². The van der Waals surface area contributed by atoms with E-state index in [2.05, 4.69) is 5.32 Å². The van der Waals surface area contributed by atoms with Gasteiger partial charge >= 0.3 is 12.0 Å². The maximum Gasteiger partial charge on any atom is 0.312 e. The van der Waals surface area contributed by atoms with Crippen LogP contribution in [-0.4, -0.2) is 47.0 Å². The van der Waals surface area contributed by atoms with E-state index in [1.54, 1.807) is 0 Å². The number of hydrogen-bond donors (Lipinski definition) is 3. The van der Waals surface area contributed by atoms with Crippen molar-refractivity contribution in [1.29, 1.82) is 0 Å². The normalized spacial score (nSPS) is 23.4. The molecule has 4 N–H and O–H groups in total. The predicted molar refractivity (Wildman–Crippen MR) is 77.4 cm³/mol. The highest BCUT2D eigenvalue weighted by atomic mass is 16.4. The van der Waals surface area contributed by atoms with E-state index in [0.29, 0.717) is 13.0 Å². The fraction of sp³-hybridized carbons (Fsp3) is 0.786. The lowest BCUT2D eigenvalue weighted by atomic mass is 9.76. The van der Waals surface area contributed by atoms with Crippen LogP contribution >= 0.6 is 0 Å². The van der Waals surface area contributed by atoms with Gasteiger partial charge in [-0.05, 0) is 18.3 Å². The van der Waals surface area contributed by atoms with Crippen molar-refractivity contribution in [2.45, 2.75) is 40.2 Å². The van der Waals surface area contributed by atoms with Gasteiger partial charge in [0.15, 0.2) is 0 Å². The van der Waals surface area contributed by atoms with Gasteiger partial charge in [-0.25, -0.2) is 4.79 Å². The first-order valence-corrected chi connectivity index (χ1v) is 7.20. The van der Waals surface area contributed by atoms with E-state index in [9.17, 15) is 19.5 Å². The highest BCUT2D eigenvalue weighted by Gasteiger charge is 2.49. The molecule has 1 aliphatic heterocycles. The second-order valence-corrected chi connectivity index (χ2v) is 6.36. The standard InChI is InChI=1S/C14H25N3O4/c1-8(2)10(16-13(15)21)11(18)17-6-5-14(7-17,9(3)4)12(19)20/h8-10H,5-7H2,1-4H3,(H,19,20)(H3,15,16,21). The van der Waals surface area contributed by atoms with Crippen molar-refractivity contribution >= 4 is 17.9 Å². The Kier molecular flexibility index (Phi) is 5.20. The van der Waals surface area contributed by atoms with Gasteiger partial charge in [-0.1, -0.05) is 27.7 Å². The highest BCUT2D eigenvalue weighted by molar-refractivity contribution is 5.88. The number of carboxylic acid groups (broad SMARTS) is 1. The van der Waals surface area contributed by atoms with Crippen LogP contribution in [0.3, 0.4) is 0 Å². The minimum atomic E-state index is -0.913. The Morgan fingerprint density at radius 2 is 1.81 bits per heavy atom. The quantitative estimate of drug-likeness (QED) is 0.691. The largest absolute Gasteiger partial charge is 0.481 e. The van der Waals surface area contributed by atoms with Crippen LogP contribution in [-0.2, 0) is 9.59 Å². The Morgan fingerprint density at radius 1 is 1.24 bits per heavy atom. The van der Waals surface area contributed by atoms with Crippen molar-refractivity contribution in [1.82, 2.24) is 10.2 Å². The first kappa shape index (κ1) is 17.3. The number of rotatable bonds is 5. The van der Waals surface area contributed by atoms with Gasteiger partial charge in [0.05, 0.1) is 5.41 Å². The van der Waals surface area contributed by atoms with E-state index >= 15 is 0 Å². The van der Waals surface area contributed by atoms with Crippen molar-refractivity contribution in [3.63, 3.8) is 0 Å². The molecule has 0 aromatic carbocycles. The topological polar surface area (TPSA) is 113 Å². The van der Waals surface area contributed by atoms with Gasteiger partial charge in [0.2, 0.25) is 5.91 Å². The van der Waals surface area contributed by atoms with Gasteiger partial charge in [0.25, 0.3) is 0 Å². The summed E-state index contributed by atoms with van der Waals surface area (Å²) in [5.41, 5.74) is 4.19. The van der Waals surface area contributed by atoms with Crippen molar-refractivity contribution < 1.29 is 19.5 Å². The zero-order chi connectivity index (χ0) is 16.4. The monoisotopic (exact) mass is 299 g/mol. The fourth-order valence-corrected chi connectivity index (χ4v) is 2.78. The number of urea groups is 1. The molecule has 0 bridgehead atoms. The number of primary amides is 1. The molecule has 21 heavy (non-hydrogen) atoms.